The van der Waals surface area contributed by atoms with E-state index in [9.17, 15) is 9.59 Å². The van der Waals surface area contributed by atoms with E-state index < -0.39 is 0 Å². The van der Waals surface area contributed by atoms with Crippen LogP contribution >= 0.6 is 11.3 Å². The molecule has 148 valence electrons. The molecule has 30 heavy (non-hydrogen) atoms. The van der Waals surface area contributed by atoms with Crippen molar-refractivity contribution >= 4 is 34.4 Å². The zero-order chi connectivity index (χ0) is 20.7. The zero-order valence-electron chi connectivity index (χ0n) is 16.0. The molecule has 2 aromatic carbocycles. The average Bonchev–Trinajstić information content (AvgIpc) is 3.20. The first-order chi connectivity index (χ1) is 14.6. The Morgan fingerprint density at radius 2 is 2.07 bits per heavy atom. The van der Waals surface area contributed by atoms with Gasteiger partial charge in [-0.1, -0.05) is 23.8 Å². The second-order valence-corrected chi connectivity index (χ2v) is 8.02. The SMILES string of the molecule is Cc1ccc2c(c1)-c1sc(C(=O)N/N=C/c3coc4ccccc4c3=O)cc1CO2. The molecule has 0 aliphatic carbocycles. The maximum absolute atomic E-state index is 12.6. The number of carbonyl (C=O) groups excluding carboxylic acids is 1. The molecule has 1 aliphatic heterocycles. The number of carbonyl (C=O) groups is 1. The summed E-state index contributed by atoms with van der Waals surface area (Å²) in [5, 5.41) is 4.41. The third-order valence-electron chi connectivity index (χ3n) is 4.87. The van der Waals surface area contributed by atoms with Crippen molar-refractivity contribution in [3.05, 3.63) is 86.6 Å². The van der Waals surface area contributed by atoms with Crippen molar-refractivity contribution in [2.45, 2.75) is 13.5 Å². The molecule has 1 N–H and O–H groups in total. The second kappa shape index (κ2) is 7.27. The van der Waals surface area contributed by atoms with Gasteiger partial charge in [0.2, 0.25) is 5.43 Å². The lowest BCUT2D eigenvalue weighted by molar-refractivity contribution is 0.0959. The van der Waals surface area contributed by atoms with Gasteiger partial charge in [-0.15, -0.1) is 11.3 Å². The molecule has 1 aliphatic rings. The van der Waals surface area contributed by atoms with Crippen molar-refractivity contribution in [1.82, 2.24) is 5.43 Å². The Labute approximate surface area is 175 Å². The van der Waals surface area contributed by atoms with Gasteiger partial charge in [0.15, 0.2) is 0 Å². The number of thiophene rings is 1. The topological polar surface area (TPSA) is 80.9 Å². The molecule has 0 fully saturated rings. The van der Waals surface area contributed by atoms with Crippen molar-refractivity contribution in [1.29, 1.82) is 0 Å². The van der Waals surface area contributed by atoms with Crippen molar-refractivity contribution in [3.8, 4) is 16.2 Å². The maximum Gasteiger partial charge on any atom is 0.281 e. The smallest absolute Gasteiger partial charge is 0.281 e. The number of nitrogens with one attached hydrogen (secondary N) is 1. The highest BCUT2D eigenvalue weighted by Gasteiger charge is 2.22. The number of hydrogen-bond donors (Lipinski definition) is 1. The Kier molecular flexibility index (Phi) is 4.44. The molecule has 0 spiro atoms. The van der Waals surface area contributed by atoms with E-state index in [-0.39, 0.29) is 16.9 Å². The van der Waals surface area contributed by atoms with Crippen LogP contribution in [0.3, 0.4) is 0 Å². The molecular formula is C23H16N2O4S. The Morgan fingerprint density at radius 1 is 1.20 bits per heavy atom. The van der Waals surface area contributed by atoms with E-state index in [1.807, 2.05) is 25.1 Å². The Hall–Kier alpha value is -3.71. The van der Waals surface area contributed by atoms with Gasteiger partial charge in [0.1, 0.15) is 24.2 Å². The van der Waals surface area contributed by atoms with Gasteiger partial charge >= 0.3 is 0 Å². The van der Waals surface area contributed by atoms with Crippen LogP contribution in [0.25, 0.3) is 21.4 Å². The van der Waals surface area contributed by atoms with Gasteiger partial charge in [0.25, 0.3) is 5.91 Å². The van der Waals surface area contributed by atoms with Crippen LogP contribution in [0.15, 0.2) is 69.1 Å². The van der Waals surface area contributed by atoms with Crippen LogP contribution in [0.5, 0.6) is 5.75 Å². The van der Waals surface area contributed by atoms with E-state index in [4.69, 9.17) is 9.15 Å². The van der Waals surface area contributed by atoms with Crippen LogP contribution in [0, 0.1) is 6.92 Å². The van der Waals surface area contributed by atoms with E-state index in [0.29, 0.717) is 22.5 Å². The molecule has 0 unspecified atom stereocenters. The molecule has 7 heteroatoms. The van der Waals surface area contributed by atoms with Crippen LogP contribution in [0.1, 0.15) is 26.4 Å². The highest BCUT2D eigenvalue weighted by molar-refractivity contribution is 7.17. The standard InChI is InChI=1S/C23H16N2O4S/c1-13-6-7-19-17(8-13)22-14(11-28-19)9-20(30-22)23(27)25-24-10-15-12-29-18-5-3-2-4-16(18)21(15)26/h2-10,12H,11H2,1H3,(H,25,27)/b24-10+. The summed E-state index contributed by atoms with van der Waals surface area (Å²) in [4.78, 5) is 26.6. The third kappa shape index (κ3) is 3.19. The molecule has 3 heterocycles. The predicted octanol–water partition coefficient (Wildman–Crippen LogP) is 4.49. The van der Waals surface area contributed by atoms with Crippen LogP contribution in [0.2, 0.25) is 0 Å². The Bertz CT molecular complexity index is 1380. The van der Waals surface area contributed by atoms with Gasteiger partial charge in [-0.3, -0.25) is 9.59 Å². The lowest BCUT2D eigenvalue weighted by Crippen LogP contribution is -2.17. The van der Waals surface area contributed by atoms with E-state index in [1.165, 1.54) is 23.8 Å². The second-order valence-electron chi connectivity index (χ2n) is 6.97. The lowest BCUT2D eigenvalue weighted by atomic mass is 10.0. The predicted molar refractivity (Wildman–Crippen MR) is 116 cm³/mol. The first-order valence-electron chi connectivity index (χ1n) is 9.30. The van der Waals surface area contributed by atoms with Crippen molar-refractivity contribution in [3.63, 3.8) is 0 Å². The van der Waals surface area contributed by atoms with Crippen molar-refractivity contribution in [2.24, 2.45) is 5.10 Å². The number of amides is 1. The first-order valence-corrected chi connectivity index (χ1v) is 10.1. The minimum atomic E-state index is -0.343. The summed E-state index contributed by atoms with van der Waals surface area (Å²) < 4.78 is 11.2. The summed E-state index contributed by atoms with van der Waals surface area (Å²) in [6.45, 7) is 2.45. The molecule has 0 saturated carbocycles. The van der Waals surface area contributed by atoms with E-state index in [2.05, 4.69) is 16.6 Å². The number of rotatable bonds is 3. The largest absolute Gasteiger partial charge is 0.488 e. The summed E-state index contributed by atoms with van der Waals surface area (Å²) in [6, 6.07) is 14.8. The van der Waals surface area contributed by atoms with Gasteiger partial charge in [-0.2, -0.15) is 5.10 Å². The fourth-order valence-electron chi connectivity index (χ4n) is 3.38. The number of benzene rings is 2. The summed E-state index contributed by atoms with van der Waals surface area (Å²) in [5.41, 5.74) is 6.15. The highest BCUT2D eigenvalue weighted by Crippen LogP contribution is 2.42. The molecule has 0 atom stereocenters. The molecule has 5 rings (SSSR count). The lowest BCUT2D eigenvalue weighted by Gasteiger charge is -2.17. The van der Waals surface area contributed by atoms with E-state index in [0.717, 1.165) is 27.3 Å². The first kappa shape index (κ1) is 18.3. The minimum absolute atomic E-state index is 0.203. The highest BCUT2D eigenvalue weighted by atomic mass is 32.1. The van der Waals surface area contributed by atoms with Crippen molar-refractivity contribution < 1.29 is 13.9 Å². The van der Waals surface area contributed by atoms with Crippen LogP contribution in [-0.2, 0) is 6.61 Å². The monoisotopic (exact) mass is 416 g/mol. The molecule has 2 aromatic heterocycles. The van der Waals surface area contributed by atoms with Crippen LogP contribution in [0.4, 0.5) is 0 Å². The molecule has 0 radical (unpaired) electrons. The number of nitrogens with zero attached hydrogens (tertiary/aromatic N) is 1. The Morgan fingerprint density at radius 3 is 2.97 bits per heavy atom. The summed E-state index contributed by atoms with van der Waals surface area (Å²) in [5.74, 6) is 0.480. The quantitative estimate of drug-likeness (QED) is 0.394. The molecule has 1 amide bonds. The normalized spacial score (nSPS) is 12.4. The van der Waals surface area contributed by atoms with E-state index in [1.54, 1.807) is 24.3 Å². The van der Waals surface area contributed by atoms with E-state index >= 15 is 0 Å². The molecule has 6 nitrogen and oxygen atoms in total. The number of ether oxygens (including phenoxy) is 1. The maximum atomic E-state index is 12.6. The number of fused-ring (bicyclic) bond motifs is 4. The molecular weight excluding hydrogens is 400 g/mol. The molecule has 0 saturated heterocycles. The number of hydrazone groups is 1. The third-order valence-corrected chi connectivity index (χ3v) is 6.08. The van der Waals surface area contributed by atoms with Gasteiger partial charge in [-0.25, -0.2) is 5.43 Å². The summed E-state index contributed by atoms with van der Waals surface area (Å²) in [6.07, 6.45) is 2.63. The zero-order valence-corrected chi connectivity index (χ0v) is 16.8. The number of hydrogen-bond acceptors (Lipinski definition) is 6. The number of para-hydroxylation sites is 1. The van der Waals surface area contributed by atoms with Crippen LogP contribution in [-0.4, -0.2) is 12.1 Å². The minimum Gasteiger partial charge on any atom is -0.488 e. The number of aryl methyl sites for hydroxylation is 1. The summed E-state index contributed by atoms with van der Waals surface area (Å²) >= 11 is 1.40. The average molecular weight is 416 g/mol. The molecule has 4 aromatic rings. The fraction of sp³-hybridized carbons (Fsp3) is 0.0870. The summed E-state index contributed by atoms with van der Waals surface area (Å²) in [7, 11) is 0. The fourth-order valence-corrected chi connectivity index (χ4v) is 4.45. The molecule has 0 bridgehead atoms. The van der Waals surface area contributed by atoms with Gasteiger partial charge in [0, 0.05) is 16.0 Å². The van der Waals surface area contributed by atoms with Gasteiger partial charge < -0.3 is 9.15 Å². The van der Waals surface area contributed by atoms with Crippen LogP contribution < -0.4 is 15.6 Å². The van der Waals surface area contributed by atoms with Gasteiger partial charge in [0.05, 0.1) is 22.0 Å². The van der Waals surface area contributed by atoms with Gasteiger partial charge in [-0.05, 0) is 37.3 Å². The van der Waals surface area contributed by atoms with Crippen molar-refractivity contribution in [2.75, 3.05) is 0 Å². The Balaban J connectivity index is 1.37.